The number of hydrogen-bond donors (Lipinski definition) is 3. The lowest BCUT2D eigenvalue weighted by Gasteiger charge is -2.13. The van der Waals surface area contributed by atoms with E-state index in [-0.39, 0.29) is 5.56 Å². The van der Waals surface area contributed by atoms with Gasteiger partial charge in [-0.15, -0.1) is 0 Å². The quantitative estimate of drug-likeness (QED) is 0.672. The number of hydroxylamine groups is 1. The SMILES string of the molecule is CC(NO)c1ccc(C(F)(F)F)cc1O. The molecule has 0 aliphatic heterocycles. The highest BCUT2D eigenvalue weighted by atomic mass is 19.4. The van der Waals surface area contributed by atoms with Crippen molar-refractivity contribution in [2.45, 2.75) is 19.1 Å². The van der Waals surface area contributed by atoms with Crippen LogP contribution in [0.3, 0.4) is 0 Å². The topological polar surface area (TPSA) is 52.5 Å². The van der Waals surface area contributed by atoms with Crippen molar-refractivity contribution in [2.75, 3.05) is 0 Å². The van der Waals surface area contributed by atoms with Gasteiger partial charge in [0.15, 0.2) is 0 Å². The Morgan fingerprint density at radius 3 is 2.33 bits per heavy atom. The van der Waals surface area contributed by atoms with Crippen molar-refractivity contribution in [2.24, 2.45) is 0 Å². The van der Waals surface area contributed by atoms with Gasteiger partial charge >= 0.3 is 6.18 Å². The van der Waals surface area contributed by atoms with E-state index in [0.717, 1.165) is 12.1 Å². The van der Waals surface area contributed by atoms with Gasteiger partial charge in [-0.1, -0.05) is 6.07 Å². The summed E-state index contributed by atoms with van der Waals surface area (Å²) in [6.45, 7) is 1.50. The standard InChI is InChI=1S/C9H10F3NO2/c1-5(13-15)7-3-2-6(4-8(7)14)9(10,11)12/h2-5,13-15H,1H3. The van der Waals surface area contributed by atoms with Gasteiger partial charge in [-0.2, -0.15) is 18.7 Å². The van der Waals surface area contributed by atoms with Gasteiger partial charge in [0.1, 0.15) is 5.75 Å². The molecule has 1 unspecified atom stereocenters. The van der Waals surface area contributed by atoms with Gasteiger partial charge < -0.3 is 10.3 Å². The van der Waals surface area contributed by atoms with Crippen LogP contribution in [0.2, 0.25) is 0 Å². The van der Waals surface area contributed by atoms with E-state index >= 15 is 0 Å². The van der Waals surface area contributed by atoms with Gasteiger partial charge in [-0.25, -0.2) is 0 Å². The van der Waals surface area contributed by atoms with Crippen molar-refractivity contribution in [3.05, 3.63) is 29.3 Å². The molecule has 0 radical (unpaired) electrons. The number of phenols is 1. The summed E-state index contributed by atoms with van der Waals surface area (Å²) in [4.78, 5) is 0. The second-order valence-corrected chi connectivity index (χ2v) is 3.12. The normalized spacial score (nSPS) is 13.9. The third-order valence-electron chi connectivity index (χ3n) is 2.02. The smallest absolute Gasteiger partial charge is 0.416 e. The van der Waals surface area contributed by atoms with Crippen LogP contribution in [0, 0.1) is 0 Å². The molecule has 3 nitrogen and oxygen atoms in total. The second-order valence-electron chi connectivity index (χ2n) is 3.12. The van der Waals surface area contributed by atoms with E-state index in [4.69, 9.17) is 5.21 Å². The number of nitrogens with one attached hydrogen (secondary N) is 1. The molecule has 84 valence electrons. The molecule has 0 fully saturated rings. The molecule has 1 aromatic rings. The van der Waals surface area contributed by atoms with Crippen LogP contribution >= 0.6 is 0 Å². The van der Waals surface area contributed by atoms with Crippen LogP contribution in [0.25, 0.3) is 0 Å². The Balaban J connectivity index is 3.09. The van der Waals surface area contributed by atoms with Crippen molar-refractivity contribution >= 4 is 0 Å². The predicted octanol–water partition coefficient (Wildman–Crippen LogP) is 2.45. The Kier molecular flexibility index (Phi) is 3.21. The zero-order valence-corrected chi connectivity index (χ0v) is 7.84. The molecule has 0 amide bonds. The van der Waals surface area contributed by atoms with E-state index in [0.29, 0.717) is 6.07 Å². The van der Waals surface area contributed by atoms with Crippen LogP contribution in [-0.2, 0) is 6.18 Å². The third kappa shape index (κ3) is 2.60. The average Bonchev–Trinajstić information content (AvgIpc) is 2.15. The summed E-state index contributed by atoms with van der Waals surface area (Å²) < 4.78 is 36.6. The van der Waals surface area contributed by atoms with Crippen LogP contribution in [0.4, 0.5) is 13.2 Å². The summed E-state index contributed by atoms with van der Waals surface area (Å²) in [5, 5.41) is 17.9. The number of phenolic OH excluding ortho intramolecular Hbond substituents is 1. The van der Waals surface area contributed by atoms with E-state index in [1.165, 1.54) is 6.92 Å². The Labute approximate surface area is 84.1 Å². The molecule has 0 saturated carbocycles. The zero-order valence-electron chi connectivity index (χ0n) is 7.84. The first-order valence-corrected chi connectivity index (χ1v) is 4.16. The Hall–Kier alpha value is -1.27. The first kappa shape index (κ1) is 11.8. The molecule has 0 aliphatic carbocycles. The minimum atomic E-state index is -4.48. The fourth-order valence-corrected chi connectivity index (χ4v) is 1.16. The van der Waals surface area contributed by atoms with Crippen LogP contribution in [0.5, 0.6) is 5.75 Å². The summed E-state index contributed by atoms with van der Waals surface area (Å²) in [6, 6.07) is 1.96. The lowest BCUT2D eigenvalue weighted by Crippen LogP contribution is -2.14. The Morgan fingerprint density at radius 1 is 1.33 bits per heavy atom. The van der Waals surface area contributed by atoms with Crippen molar-refractivity contribution in [1.29, 1.82) is 0 Å². The van der Waals surface area contributed by atoms with Gasteiger partial charge in [0.25, 0.3) is 0 Å². The molecule has 1 rings (SSSR count). The molecule has 0 aliphatic rings. The summed E-state index contributed by atoms with van der Waals surface area (Å²) in [7, 11) is 0. The monoisotopic (exact) mass is 221 g/mol. The third-order valence-corrected chi connectivity index (χ3v) is 2.02. The number of aromatic hydroxyl groups is 1. The lowest BCUT2D eigenvalue weighted by molar-refractivity contribution is -0.137. The number of rotatable bonds is 2. The highest BCUT2D eigenvalue weighted by Gasteiger charge is 2.31. The summed E-state index contributed by atoms with van der Waals surface area (Å²) >= 11 is 0. The average molecular weight is 221 g/mol. The van der Waals surface area contributed by atoms with Gasteiger partial charge in [-0.3, -0.25) is 0 Å². The molecule has 6 heteroatoms. The number of alkyl halides is 3. The molecule has 1 aromatic carbocycles. The molecular formula is C9H10F3NO2. The van der Waals surface area contributed by atoms with Crippen LogP contribution in [0.15, 0.2) is 18.2 Å². The molecule has 0 spiro atoms. The van der Waals surface area contributed by atoms with Gasteiger partial charge in [-0.05, 0) is 19.1 Å². The number of halogens is 3. The van der Waals surface area contributed by atoms with Crippen LogP contribution in [-0.4, -0.2) is 10.3 Å². The van der Waals surface area contributed by atoms with Crippen molar-refractivity contribution in [3.8, 4) is 5.75 Å². The number of benzene rings is 1. The fourth-order valence-electron chi connectivity index (χ4n) is 1.16. The Bertz CT molecular complexity index is 352. The maximum atomic E-state index is 12.2. The minimum Gasteiger partial charge on any atom is -0.508 e. The summed E-state index contributed by atoms with van der Waals surface area (Å²) in [5.74, 6) is -0.501. The van der Waals surface area contributed by atoms with Gasteiger partial charge in [0.05, 0.1) is 11.6 Å². The summed E-state index contributed by atoms with van der Waals surface area (Å²) in [6.07, 6.45) is -4.48. The van der Waals surface area contributed by atoms with E-state index in [9.17, 15) is 18.3 Å². The van der Waals surface area contributed by atoms with E-state index in [2.05, 4.69) is 0 Å². The molecule has 0 heterocycles. The van der Waals surface area contributed by atoms with E-state index in [1.54, 1.807) is 0 Å². The van der Waals surface area contributed by atoms with E-state index < -0.39 is 23.5 Å². The maximum absolute atomic E-state index is 12.2. The molecule has 0 saturated heterocycles. The predicted molar refractivity (Wildman–Crippen MR) is 46.4 cm³/mol. The van der Waals surface area contributed by atoms with Gasteiger partial charge in [0.2, 0.25) is 0 Å². The zero-order chi connectivity index (χ0) is 11.6. The van der Waals surface area contributed by atoms with Crippen molar-refractivity contribution in [3.63, 3.8) is 0 Å². The van der Waals surface area contributed by atoms with E-state index in [1.807, 2.05) is 5.48 Å². The first-order chi connectivity index (χ1) is 6.86. The lowest BCUT2D eigenvalue weighted by atomic mass is 10.0. The van der Waals surface area contributed by atoms with Gasteiger partial charge in [0, 0.05) is 5.56 Å². The highest BCUT2D eigenvalue weighted by Crippen LogP contribution is 2.34. The van der Waals surface area contributed by atoms with Crippen LogP contribution in [0.1, 0.15) is 24.1 Å². The van der Waals surface area contributed by atoms with Crippen molar-refractivity contribution in [1.82, 2.24) is 5.48 Å². The number of hydrogen-bond acceptors (Lipinski definition) is 3. The Morgan fingerprint density at radius 2 is 1.93 bits per heavy atom. The molecule has 1 atom stereocenters. The minimum absolute atomic E-state index is 0.200. The highest BCUT2D eigenvalue weighted by molar-refractivity contribution is 5.39. The molecule has 15 heavy (non-hydrogen) atoms. The van der Waals surface area contributed by atoms with Crippen molar-refractivity contribution < 1.29 is 23.5 Å². The maximum Gasteiger partial charge on any atom is 0.416 e. The first-order valence-electron chi connectivity index (χ1n) is 4.16. The second kappa shape index (κ2) is 4.08. The molecule has 3 N–H and O–H groups in total. The fraction of sp³-hybridized carbons (Fsp3) is 0.333. The van der Waals surface area contributed by atoms with Crippen LogP contribution < -0.4 is 5.48 Å². The molecule has 0 bridgehead atoms. The largest absolute Gasteiger partial charge is 0.508 e. The molecular weight excluding hydrogens is 211 g/mol. The summed E-state index contributed by atoms with van der Waals surface area (Å²) in [5.41, 5.74) is 1.12. The molecule has 0 aromatic heterocycles.